The number of rotatable bonds is 2. The normalized spacial score (nSPS) is 13.1. The molecule has 2 heterocycles. The van der Waals surface area contributed by atoms with E-state index in [1.165, 1.54) is 11.3 Å². The van der Waals surface area contributed by atoms with Gasteiger partial charge in [-0.1, -0.05) is 29.8 Å². The summed E-state index contributed by atoms with van der Waals surface area (Å²) in [7, 11) is 1.87. The maximum Gasteiger partial charge on any atom is 0.134 e. The number of nitrogens with zero attached hydrogens (tertiary/aromatic N) is 2. The van der Waals surface area contributed by atoms with Crippen molar-refractivity contribution in [2.24, 2.45) is 7.05 Å². The van der Waals surface area contributed by atoms with Gasteiger partial charge in [-0.3, -0.25) is 4.68 Å². The minimum atomic E-state index is -0.774. The van der Waals surface area contributed by atoms with Crippen LogP contribution in [0.2, 0.25) is 5.02 Å². The molecule has 0 aliphatic rings. The second-order valence-electron chi connectivity index (χ2n) is 4.06. The molecule has 0 aliphatic carbocycles. The molecule has 5 heteroatoms. The third-order valence-electron chi connectivity index (χ3n) is 2.94. The van der Waals surface area contributed by atoms with E-state index in [1.807, 2.05) is 36.7 Å². The third kappa shape index (κ3) is 1.73. The van der Waals surface area contributed by atoms with E-state index in [0.717, 1.165) is 15.8 Å². The Hall–Kier alpha value is -1.36. The van der Waals surface area contributed by atoms with Gasteiger partial charge in [0.05, 0.1) is 15.4 Å². The predicted octanol–water partition coefficient (Wildman–Crippen LogP) is 3.37. The van der Waals surface area contributed by atoms with Gasteiger partial charge >= 0.3 is 0 Å². The van der Waals surface area contributed by atoms with Crippen LogP contribution in [0.15, 0.2) is 35.7 Å². The Morgan fingerprint density at radius 3 is 2.83 bits per heavy atom. The average molecular weight is 279 g/mol. The summed E-state index contributed by atoms with van der Waals surface area (Å²) >= 11 is 7.50. The predicted molar refractivity (Wildman–Crippen MR) is 74.1 cm³/mol. The molecule has 1 atom stereocenters. The Bertz CT molecular complexity index is 704. The van der Waals surface area contributed by atoms with E-state index in [-0.39, 0.29) is 0 Å². The van der Waals surface area contributed by atoms with E-state index in [0.29, 0.717) is 10.7 Å². The van der Waals surface area contributed by atoms with Gasteiger partial charge in [-0.2, -0.15) is 5.10 Å². The van der Waals surface area contributed by atoms with Gasteiger partial charge in [0, 0.05) is 12.4 Å². The number of benzene rings is 1. The smallest absolute Gasteiger partial charge is 0.134 e. The molecule has 92 valence electrons. The van der Waals surface area contributed by atoms with Gasteiger partial charge in [0.1, 0.15) is 11.8 Å². The summed E-state index contributed by atoms with van der Waals surface area (Å²) in [5.41, 5.74) is 1.65. The molecule has 0 bridgehead atoms. The maximum atomic E-state index is 10.4. The van der Waals surface area contributed by atoms with Crippen LogP contribution in [0, 0.1) is 0 Å². The molecule has 3 aromatic rings. The number of aromatic nitrogens is 2. The lowest BCUT2D eigenvalue weighted by atomic mass is 10.1. The van der Waals surface area contributed by atoms with Crippen LogP contribution in [-0.2, 0) is 7.05 Å². The van der Waals surface area contributed by atoms with E-state index in [2.05, 4.69) is 5.10 Å². The Labute approximate surface area is 113 Å². The fourth-order valence-electron chi connectivity index (χ4n) is 2.07. The van der Waals surface area contributed by atoms with Crippen molar-refractivity contribution in [1.82, 2.24) is 9.78 Å². The molecular weight excluding hydrogens is 268 g/mol. The number of aliphatic hydroxyl groups is 1. The fourth-order valence-corrected chi connectivity index (χ4v) is 3.22. The molecule has 0 fully saturated rings. The molecule has 0 spiro atoms. The molecule has 0 radical (unpaired) electrons. The van der Waals surface area contributed by atoms with Gasteiger partial charge in [0.15, 0.2) is 0 Å². The van der Waals surface area contributed by atoms with E-state index >= 15 is 0 Å². The number of halogens is 1. The zero-order valence-electron chi connectivity index (χ0n) is 9.67. The summed E-state index contributed by atoms with van der Waals surface area (Å²) in [5.74, 6) is 0. The highest BCUT2D eigenvalue weighted by Crippen LogP contribution is 2.34. The van der Waals surface area contributed by atoms with Crippen molar-refractivity contribution in [2.75, 3.05) is 0 Å². The van der Waals surface area contributed by atoms with Crippen molar-refractivity contribution in [3.8, 4) is 0 Å². The van der Waals surface area contributed by atoms with Crippen LogP contribution >= 0.6 is 22.9 Å². The quantitative estimate of drug-likeness (QED) is 0.780. The van der Waals surface area contributed by atoms with E-state index in [9.17, 15) is 5.11 Å². The number of para-hydroxylation sites is 1. The molecule has 0 saturated carbocycles. The van der Waals surface area contributed by atoms with Crippen molar-refractivity contribution in [2.45, 2.75) is 6.10 Å². The zero-order chi connectivity index (χ0) is 12.7. The highest BCUT2D eigenvalue weighted by atomic mass is 35.5. The summed E-state index contributed by atoms with van der Waals surface area (Å²) < 4.78 is 1.77. The standard InChI is InChI=1S/C13H11ClN2OS/c1-16-10-5-3-2-4-8(10)11(15-16)12(17)13-9(14)6-7-18-13/h2-7,12,17H,1H3. The average Bonchev–Trinajstić information content (AvgIpc) is 2.94. The van der Waals surface area contributed by atoms with E-state index < -0.39 is 6.10 Å². The molecule has 1 unspecified atom stereocenters. The number of hydrogen-bond donors (Lipinski definition) is 1. The van der Waals surface area contributed by atoms with Crippen molar-refractivity contribution in [3.63, 3.8) is 0 Å². The molecule has 18 heavy (non-hydrogen) atoms. The first-order valence-corrected chi connectivity index (χ1v) is 6.77. The van der Waals surface area contributed by atoms with Gasteiger partial charge in [-0.25, -0.2) is 0 Å². The second kappa shape index (κ2) is 4.39. The topological polar surface area (TPSA) is 38.0 Å². The molecule has 3 rings (SSSR count). The molecule has 1 N–H and O–H groups in total. The van der Waals surface area contributed by atoms with Crippen molar-refractivity contribution in [3.05, 3.63) is 51.3 Å². The Balaban J connectivity index is 2.18. The fraction of sp³-hybridized carbons (Fsp3) is 0.154. The molecule has 1 aromatic carbocycles. The highest BCUT2D eigenvalue weighted by Gasteiger charge is 2.21. The number of fused-ring (bicyclic) bond motifs is 1. The second-order valence-corrected chi connectivity index (χ2v) is 5.42. The molecule has 0 amide bonds. The number of aryl methyl sites for hydroxylation is 1. The monoisotopic (exact) mass is 278 g/mol. The minimum absolute atomic E-state index is 0.585. The van der Waals surface area contributed by atoms with Crippen LogP contribution in [0.25, 0.3) is 10.9 Å². The summed E-state index contributed by atoms with van der Waals surface area (Å²) in [6.07, 6.45) is -0.774. The van der Waals surface area contributed by atoms with Crippen LogP contribution in [-0.4, -0.2) is 14.9 Å². The summed E-state index contributed by atoms with van der Waals surface area (Å²) in [6, 6.07) is 9.63. The van der Waals surface area contributed by atoms with Crippen molar-refractivity contribution in [1.29, 1.82) is 0 Å². The first-order valence-electron chi connectivity index (χ1n) is 5.51. The summed E-state index contributed by atoms with van der Waals surface area (Å²) in [4.78, 5) is 0.737. The van der Waals surface area contributed by atoms with Gasteiger partial charge in [0.2, 0.25) is 0 Å². The van der Waals surface area contributed by atoms with Gasteiger partial charge in [0.25, 0.3) is 0 Å². The van der Waals surface area contributed by atoms with Crippen molar-refractivity contribution >= 4 is 33.8 Å². The first kappa shape index (κ1) is 11.7. The van der Waals surface area contributed by atoms with Gasteiger partial charge < -0.3 is 5.11 Å². The van der Waals surface area contributed by atoms with Crippen LogP contribution < -0.4 is 0 Å². The van der Waals surface area contributed by atoms with Gasteiger partial charge in [-0.05, 0) is 17.5 Å². The molecule has 0 saturated heterocycles. The summed E-state index contributed by atoms with van der Waals surface area (Å²) in [5, 5.41) is 18.2. The summed E-state index contributed by atoms with van der Waals surface area (Å²) in [6.45, 7) is 0. The number of aliphatic hydroxyl groups excluding tert-OH is 1. The van der Waals surface area contributed by atoms with Crippen LogP contribution in [0.1, 0.15) is 16.7 Å². The largest absolute Gasteiger partial charge is 0.381 e. The lowest BCUT2D eigenvalue weighted by Crippen LogP contribution is -2.00. The molecule has 3 nitrogen and oxygen atoms in total. The lowest BCUT2D eigenvalue weighted by molar-refractivity contribution is 0.219. The molecule has 2 aromatic heterocycles. The Kier molecular flexibility index (Phi) is 2.86. The van der Waals surface area contributed by atoms with Crippen LogP contribution in [0.5, 0.6) is 0 Å². The SMILES string of the molecule is Cn1nc(C(O)c2sccc2Cl)c2ccccc21. The maximum absolute atomic E-state index is 10.4. The van der Waals surface area contributed by atoms with E-state index in [4.69, 9.17) is 11.6 Å². The first-order chi connectivity index (χ1) is 8.68. The Morgan fingerprint density at radius 2 is 2.11 bits per heavy atom. The number of thiophene rings is 1. The Morgan fingerprint density at radius 1 is 1.33 bits per heavy atom. The molecular formula is C13H11ClN2OS. The zero-order valence-corrected chi connectivity index (χ0v) is 11.2. The van der Waals surface area contributed by atoms with Crippen LogP contribution in [0.4, 0.5) is 0 Å². The van der Waals surface area contributed by atoms with E-state index in [1.54, 1.807) is 10.7 Å². The lowest BCUT2D eigenvalue weighted by Gasteiger charge is -2.06. The van der Waals surface area contributed by atoms with Gasteiger partial charge in [-0.15, -0.1) is 11.3 Å². The highest BCUT2D eigenvalue weighted by molar-refractivity contribution is 7.10. The molecule has 0 aliphatic heterocycles. The minimum Gasteiger partial charge on any atom is -0.381 e. The van der Waals surface area contributed by atoms with Crippen molar-refractivity contribution < 1.29 is 5.11 Å². The van der Waals surface area contributed by atoms with Crippen LogP contribution in [0.3, 0.4) is 0 Å². The number of hydrogen-bond acceptors (Lipinski definition) is 3. The third-order valence-corrected chi connectivity index (χ3v) is 4.35.